The van der Waals surface area contributed by atoms with Gasteiger partial charge in [-0.1, -0.05) is 17.7 Å². The molecule has 1 aliphatic carbocycles. The van der Waals surface area contributed by atoms with Gasteiger partial charge in [0.05, 0.1) is 5.02 Å². The second-order valence-corrected chi connectivity index (χ2v) is 10.0. The summed E-state index contributed by atoms with van der Waals surface area (Å²) < 4.78 is 13.2. The van der Waals surface area contributed by atoms with E-state index in [1.54, 1.807) is 24.3 Å². The summed E-state index contributed by atoms with van der Waals surface area (Å²) in [5.74, 6) is 0.607. The van der Waals surface area contributed by atoms with Crippen molar-refractivity contribution in [3.8, 4) is 5.75 Å². The van der Waals surface area contributed by atoms with Crippen LogP contribution in [0.1, 0.15) is 42.0 Å². The van der Waals surface area contributed by atoms with Gasteiger partial charge in [0, 0.05) is 54.3 Å². The first-order chi connectivity index (χ1) is 16.5. The lowest BCUT2D eigenvalue weighted by Crippen LogP contribution is -2.50. The molecule has 6 rings (SSSR count). The largest absolute Gasteiger partial charge is 0.482 e. The van der Waals surface area contributed by atoms with E-state index < -0.39 is 0 Å². The molecule has 2 aromatic heterocycles. The van der Waals surface area contributed by atoms with Gasteiger partial charge in [0.15, 0.2) is 6.61 Å². The van der Waals surface area contributed by atoms with E-state index in [4.69, 9.17) is 20.8 Å². The fraction of sp³-hybridized carbons (Fsp3) is 0.423. The third-order valence-corrected chi connectivity index (χ3v) is 7.76. The molecule has 1 fully saturated rings. The fourth-order valence-corrected chi connectivity index (χ4v) is 6.10. The normalized spacial score (nSPS) is 21.1. The monoisotopic (exact) mass is 480 g/mol. The fourth-order valence-electron chi connectivity index (χ4n) is 5.89. The molecule has 2 atom stereocenters. The Hall–Kier alpha value is -3.06. The van der Waals surface area contributed by atoms with Gasteiger partial charge in [-0.05, 0) is 55.7 Å². The molecule has 0 unspecified atom stereocenters. The van der Waals surface area contributed by atoms with Crippen LogP contribution < -0.4 is 15.9 Å². The first-order valence-electron chi connectivity index (χ1n) is 11.9. The molecule has 1 saturated heterocycles. The zero-order valence-corrected chi connectivity index (χ0v) is 19.5. The first kappa shape index (κ1) is 21.5. The maximum absolute atomic E-state index is 13.0. The van der Waals surface area contributed by atoms with Gasteiger partial charge in [0.1, 0.15) is 11.3 Å². The summed E-state index contributed by atoms with van der Waals surface area (Å²) in [4.78, 5) is 39.5. The van der Waals surface area contributed by atoms with Gasteiger partial charge in [-0.25, -0.2) is 4.79 Å². The van der Waals surface area contributed by atoms with Gasteiger partial charge < -0.3 is 18.6 Å². The molecule has 0 radical (unpaired) electrons. The lowest BCUT2D eigenvalue weighted by molar-refractivity contribution is -0.136. The van der Waals surface area contributed by atoms with Crippen LogP contribution in [0.4, 0.5) is 0 Å². The third kappa shape index (κ3) is 3.63. The number of likely N-dealkylation sites (tertiary alicyclic amines) is 1. The van der Waals surface area contributed by atoms with Crippen LogP contribution >= 0.6 is 11.6 Å². The second kappa shape index (κ2) is 8.31. The number of piperidine rings is 1. The summed E-state index contributed by atoms with van der Waals surface area (Å²) in [6.07, 6.45) is 4.57. The molecular formula is C26H25ClN2O5. The molecule has 7 nitrogen and oxygen atoms in total. The van der Waals surface area contributed by atoms with E-state index in [2.05, 4.69) is 0 Å². The topological polar surface area (TPSA) is 81.8 Å². The van der Waals surface area contributed by atoms with Crippen LogP contribution in [0.25, 0.3) is 11.0 Å². The molecule has 1 amide bonds. The number of hydrogen-bond donors (Lipinski definition) is 0. The van der Waals surface area contributed by atoms with Crippen molar-refractivity contribution in [2.24, 2.45) is 5.92 Å². The van der Waals surface area contributed by atoms with Crippen molar-refractivity contribution in [1.82, 2.24) is 9.47 Å². The molecule has 0 N–H and O–H groups in total. The number of halogens is 1. The second-order valence-electron chi connectivity index (χ2n) is 9.62. The molecule has 176 valence electrons. The van der Waals surface area contributed by atoms with Crippen LogP contribution in [0.15, 0.2) is 44.3 Å². The standard InChI is InChI=1S/C26H25ClN2O5/c27-20-9-19-17-4-1-2-5-18(17)26(32)34-22(19)10-23(20)33-14-25(31)28-11-15-8-16(13-28)21-6-3-7-24(30)29(21)12-15/h3,6-7,9-10,15-16H,1-2,4-5,8,11-14H2/t15-,16+/m0/s1. The Balaban J connectivity index is 1.20. The minimum atomic E-state index is -0.300. The molecule has 2 bridgehead atoms. The molecule has 0 saturated carbocycles. The van der Waals surface area contributed by atoms with Gasteiger partial charge >= 0.3 is 5.63 Å². The first-order valence-corrected chi connectivity index (χ1v) is 12.2. The van der Waals surface area contributed by atoms with E-state index in [9.17, 15) is 14.4 Å². The van der Waals surface area contributed by atoms with E-state index in [0.717, 1.165) is 54.3 Å². The molecule has 0 spiro atoms. The van der Waals surface area contributed by atoms with Gasteiger partial charge in [-0.2, -0.15) is 0 Å². The Bertz CT molecular complexity index is 1430. The van der Waals surface area contributed by atoms with Crippen LogP contribution in [0.5, 0.6) is 5.75 Å². The summed E-state index contributed by atoms with van der Waals surface area (Å²) in [6.45, 7) is 1.65. The smallest absolute Gasteiger partial charge is 0.339 e. The van der Waals surface area contributed by atoms with Crippen molar-refractivity contribution in [3.05, 3.63) is 72.9 Å². The zero-order chi connectivity index (χ0) is 23.4. The van der Waals surface area contributed by atoms with Crippen molar-refractivity contribution in [1.29, 1.82) is 0 Å². The van der Waals surface area contributed by atoms with Gasteiger partial charge in [0.25, 0.3) is 11.5 Å². The number of fused-ring (bicyclic) bond motifs is 7. The molecule has 1 aromatic carbocycles. The Labute approximate surface area is 200 Å². The van der Waals surface area contributed by atoms with E-state index >= 15 is 0 Å². The van der Waals surface area contributed by atoms with Crippen molar-refractivity contribution in [3.63, 3.8) is 0 Å². The van der Waals surface area contributed by atoms with E-state index in [1.807, 2.05) is 15.5 Å². The maximum atomic E-state index is 13.0. The van der Waals surface area contributed by atoms with Gasteiger partial charge in [-0.3, -0.25) is 9.59 Å². The molecule has 34 heavy (non-hydrogen) atoms. The summed E-state index contributed by atoms with van der Waals surface area (Å²) in [5, 5.41) is 1.24. The van der Waals surface area contributed by atoms with Crippen molar-refractivity contribution in [2.75, 3.05) is 19.7 Å². The summed E-state index contributed by atoms with van der Waals surface area (Å²) >= 11 is 6.50. The Morgan fingerprint density at radius 1 is 1.09 bits per heavy atom. The number of pyridine rings is 1. The maximum Gasteiger partial charge on any atom is 0.339 e. The van der Waals surface area contributed by atoms with Gasteiger partial charge in [-0.15, -0.1) is 0 Å². The molecular weight excluding hydrogens is 456 g/mol. The minimum absolute atomic E-state index is 0.0224. The molecule has 8 heteroatoms. The summed E-state index contributed by atoms with van der Waals surface area (Å²) in [6, 6.07) is 8.76. The number of hydrogen-bond acceptors (Lipinski definition) is 5. The van der Waals surface area contributed by atoms with Gasteiger partial charge in [0.2, 0.25) is 0 Å². The Kier molecular flexibility index (Phi) is 5.25. The highest BCUT2D eigenvalue weighted by Crippen LogP contribution is 2.36. The highest BCUT2D eigenvalue weighted by Gasteiger charge is 2.36. The number of ether oxygens (including phenoxy) is 1. The van der Waals surface area contributed by atoms with Crippen molar-refractivity contribution in [2.45, 2.75) is 44.6 Å². The highest BCUT2D eigenvalue weighted by molar-refractivity contribution is 6.32. The predicted molar refractivity (Wildman–Crippen MR) is 128 cm³/mol. The minimum Gasteiger partial charge on any atom is -0.482 e. The number of benzene rings is 1. The number of aryl methyl sites for hydroxylation is 1. The van der Waals surface area contributed by atoms with Crippen molar-refractivity contribution >= 4 is 28.5 Å². The number of carbonyl (C=O) groups is 1. The molecule has 2 aliphatic heterocycles. The lowest BCUT2D eigenvalue weighted by atomic mass is 9.83. The quantitative estimate of drug-likeness (QED) is 0.536. The van der Waals surface area contributed by atoms with E-state index in [0.29, 0.717) is 36.0 Å². The molecule has 4 heterocycles. The number of amides is 1. The molecule has 3 aromatic rings. The SMILES string of the molecule is O=C(COc1cc2oc(=O)c3c(c2cc1Cl)CCCC3)N1C[C@@H]2C[C@H](C1)c1cccc(=O)n1C2. The Morgan fingerprint density at radius 3 is 2.76 bits per heavy atom. The zero-order valence-electron chi connectivity index (χ0n) is 18.7. The summed E-state index contributed by atoms with van der Waals surface area (Å²) in [5.41, 5.74) is 2.92. The number of rotatable bonds is 3. The van der Waals surface area contributed by atoms with E-state index in [1.165, 1.54) is 0 Å². The van der Waals surface area contributed by atoms with Crippen LogP contribution in [0.3, 0.4) is 0 Å². The van der Waals surface area contributed by atoms with E-state index in [-0.39, 0.29) is 35.5 Å². The summed E-state index contributed by atoms with van der Waals surface area (Å²) in [7, 11) is 0. The highest BCUT2D eigenvalue weighted by atomic mass is 35.5. The number of nitrogens with zero attached hydrogens (tertiary/aromatic N) is 2. The number of carbonyl (C=O) groups excluding carboxylic acids is 1. The van der Waals surface area contributed by atoms with Crippen LogP contribution in [-0.4, -0.2) is 35.1 Å². The third-order valence-electron chi connectivity index (χ3n) is 7.46. The number of aromatic nitrogens is 1. The van der Waals surface area contributed by atoms with Crippen LogP contribution in [0, 0.1) is 5.92 Å². The average Bonchev–Trinajstić information content (AvgIpc) is 2.84. The molecule has 3 aliphatic rings. The average molecular weight is 481 g/mol. The van der Waals surface area contributed by atoms with Crippen LogP contribution in [0.2, 0.25) is 5.02 Å². The Morgan fingerprint density at radius 2 is 1.91 bits per heavy atom. The lowest BCUT2D eigenvalue weighted by Gasteiger charge is -2.42. The van der Waals surface area contributed by atoms with Crippen molar-refractivity contribution < 1.29 is 13.9 Å². The van der Waals surface area contributed by atoms with Crippen LogP contribution in [-0.2, 0) is 24.2 Å². The predicted octanol–water partition coefficient (Wildman–Crippen LogP) is 3.51.